The van der Waals surface area contributed by atoms with E-state index in [0.29, 0.717) is 62.0 Å². The molecule has 3 heterocycles. The topological polar surface area (TPSA) is 103 Å². The van der Waals surface area contributed by atoms with Gasteiger partial charge in [-0.3, -0.25) is 9.78 Å². The maximum atomic E-state index is 14.1. The molecule has 2 aliphatic rings. The highest BCUT2D eigenvalue weighted by molar-refractivity contribution is 7.81. The number of benzene rings is 1. The first kappa shape index (κ1) is 26.8. The van der Waals surface area contributed by atoms with Crippen molar-refractivity contribution in [2.45, 2.75) is 38.5 Å². The van der Waals surface area contributed by atoms with Gasteiger partial charge in [-0.2, -0.15) is 0 Å². The average molecular weight is 531 g/mol. The lowest BCUT2D eigenvalue weighted by Gasteiger charge is -2.34. The van der Waals surface area contributed by atoms with Crippen LogP contribution in [0.1, 0.15) is 25.8 Å². The Morgan fingerprint density at radius 2 is 2.19 bits per heavy atom. The third kappa shape index (κ3) is 6.73. The summed E-state index contributed by atoms with van der Waals surface area (Å²) in [5, 5.41) is 9.10. The number of thiocarbonyl (C=S) groups is 1. The van der Waals surface area contributed by atoms with Gasteiger partial charge in [0.1, 0.15) is 23.4 Å². The molecule has 0 bridgehead atoms. The number of carbonyl (C=O) groups is 1. The lowest BCUT2D eigenvalue weighted by Crippen LogP contribution is -2.44. The van der Waals surface area contributed by atoms with E-state index < -0.39 is 5.82 Å². The second-order valence-corrected chi connectivity index (χ2v) is 9.69. The minimum Gasteiger partial charge on any atom is -0.492 e. The molecule has 0 radical (unpaired) electrons. The van der Waals surface area contributed by atoms with E-state index in [1.807, 2.05) is 19.9 Å². The van der Waals surface area contributed by atoms with Crippen LogP contribution in [0, 0.1) is 5.82 Å². The molecule has 1 unspecified atom stereocenters. The van der Waals surface area contributed by atoms with Crippen LogP contribution in [-0.4, -0.2) is 61.1 Å². The summed E-state index contributed by atoms with van der Waals surface area (Å²) in [5.74, 6) is -0.221. The lowest BCUT2D eigenvalue weighted by atomic mass is 10.1. The van der Waals surface area contributed by atoms with Gasteiger partial charge in [0.05, 0.1) is 43.4 Å². The monoisotopic (exact) mass is 530 g/mol. The van der Waals surface area contributed by atoms with Crippen molar-refractivity contribution in [3.8, 4) is 11.5 Å². The predicted molar refractivity (Wildman–Crippen MR) is 140 cm³/mol. The van der Waals surface area contributed by atoms with Crippen LogP contribution in [0.3, 0.4) is 0 Å². The number of rotatable bonds is 9. The first-order valence-electron chi connectivity index (χ1n) is 12.0. The van der Waals surface area contributed by atoms with Crippen molar-refractivity contribution in [3.63, 3.8) is 0 Å². The van der Waals surface area contributed by atoms with Crippen molar-refractivity contribution in [2.24, 2.45) is 0 Å². The van der Waals surface area contributed by atoms with Gasteiger partial charge in [-0.15, -0.1) is 0 Å². The molecule has 1 fully saturated rings. The minimum absolute atomic E-state index is 0.0191. The van der Waals surface area contributed by atoms with E-state index >= 15 is 0 Å². The second-order valence-electron chi connectivity index (χ2n) is 9.29. The molecule has 1 saturated heterocycles. The number of methoxy groups -OCH3 is 1. The van der Waals surface area contributed by atoms with Crippen LogP contribution in [0.5, 0.6) is 11.5 Å². The Labute approximate surface area is 220 Å². The molecule has 9 nitrogen and oxygen atoms in total. The van der Waals surface area contributed by atoms with Crippen molar-refractivity contribution in [1.29, 1.82) is 0 Å². The molecule has 4 rings (SSSR count). The maximum Gasteiger partial charge on any atom is 0.256 e. The van der Waals surface area contributed by atoms with E-state index in [2.05, 4.69) is 20.9 Å². The highest BCUT2D eigenvalue weighted by atomic mass is 32.1. The highest BCUT2D eigenvalue weighted by Gasteiger charge is 2.29. The fraction of sp³-hybridized carbons (Fsp3) is 0.423. The van der Waals surface area contributed by atoms with Crippen molar-refractivity contribution in [1.82, 2.24) is 15.6 Å². The standard InChI is InChI=1S/C26H31FN4O5S/c1-26(2)15-35-17(14-36-26)13-34-21-12-28-9-7-16(21)11-30-19-8-10-29-24(32)22(19)25(37)31-20-6-4-5-18(27)23(20)33-3/h4-7,9,12,17,30H,8,10-11,13-15H2,1-3H3,(H,29,32)(H,31,37). The van der Waals surface area contributed by atoms with Crippen LogP contribution in [-0.2, 0) is 20.8 Å². The summed E-state index contributed by atoms with van der Waals surface area (Å²) in [4.78, 5) is 17.1. The number of pyridine rings is 1. The molecule has 37 heavy (non-hydrogen) atoms. The second kappa shape index (κ2) is 11.8. The molecule has 0 saturated carbocycles. The van der Waals surface area contributed by atoms with E-state index in [9.17, 15) is 9.18 Å². The molecule has 198 valence electrons. The molecule has 3 N–H and O–H groups in total. The summed E-state index contributed by atoms with van der Waals surface area (Å²) in [7, 11) is 1.37. The average Bonchev–Trinajstić information content (AvgIpc) is 2.87. The highest BCUT2D eigenvalue weighted by Crippen LogP contribution is 2.29. The Morgan fingerprint density at radius 3 is 2.95 bits per heavy atom. The lowest BCUT2D eigenvalue weighted by molar-refractivity contribution is -0.181. The summed E-state index contributed by atoms with van der Waals surface area (Å²) < 4.78 is 36.9. The number of amides is 1. The number of hydrogen-bond acceptors (Lipinski definition) is 8. The molecular formula is C26H31FN4O5S. The van der Waals surface area contributed by atoms with Crippen LogP contribution in [0.15, 0.2) is 47.9 Å². The number of halogens is 1. The molecule has 0 aliphatic carbocycles. The van der Waals surface area contributed by atoms with E-state index in [1.54, 1.807) is 18.5 Å². The van der Waals surface area contributed by atoms with Gasteiger partial charge in [0.25, 0.3) is 5.91 Å². The number of ether oxygens (including phenoxy) is 4. The van der Waals surface area contributed by atoms with Crippen molar-refractivity contribution in [2.75, 3.05) is 38.8 Å². The van der Waals surface area contributed by atoms with Crippen molar-refractivity contribution >= 4 is 28.8 Å². The zero-order valence-electron chi connectivity index (χ0n) is 21.1. The van der Waals surface area contributed by atoms with E-state index in [4.69, 9.17) is 31.2 Å². The SMILES string of the molecule is COc1c(F)cccc1NC(=S)C1=C(NCc2ccncc2OCC2COC(C)(C)CO2)CCNC1=O. The number of nitrogens with zero attached hydrogens (tertiary/aromatic N) is 1. The van der Waals surface area contributed by atoms with Gasteiger partial charge in [-0.05, 0) is 32.0 Å². The van der Waals surface area contributed by atoms with Gasteiger partial charge in [-0.1, -0.05) is 18.3 Å². The number of hydrogen-bond donors (Lipinski definition) is 3. The summed E-state index contributed by atoms with van der Waals surface area (Å²) in [6.07, 6.45) is 3.70. The summed E-state index contributed by atoms with van der Waals surface area (Å²) >= 11 is 5.54. The number of nitrogens with one attached hydrogen (secondary N) is 3. The summed E-state index contributed by atoms with van der Waals surface area (Å²) in [6.45, 7) is 6.09. The first-order valence-corrected chi connectivity index (χ1v) is 12.4. The fourth-order valence-electron chi connectivity index (χ4n) is 3.96. The smallest absolute Gasteiger partial charge is 0.256 e. The number of para-hydroxylation sites is 1. The van der Waals surface area contributed by atoms with Crippen LogP contribution in [0.25, 0.3) is 0 Å². The molecule has 11 heteroatoms. The first-order chi connectivity index (χ1) is 17.8. The number of aromatic nitrogens is 1. The van der Waals surface area contributed by atoms with Gasteiger partial charge >= 0.3 is 0 Å². The quantitative estimate of drug-likeness (QED) is 0.422. The Kier molecular flexibility index (Phi) is 8.57. The van der Waals surface area contributed by atoms with Crippen molar-refractivity contribution in [3.05, 3.63) is 59.3 Å². The molecular weight excluding hydrogens is 499 g/mol. The van der Waals surface area contributed by atoms with E-state index in [0.717, 1.165) is 5.56 Å². The fourth-order valence-corrected chi connectivity index (χ4v) is 4.29. The molecule has 2 aliphatic heterocycles. The molecule has 1 aromatic heterocycles. The Morgan fingerprint density at radius 1 is 1.35 bits per heavy atom. The van der Waals surface area contributed by atoms with Crippen molar-refractivity contribution < 1.29 is 28.1 Å². The summed E-state index contributed by atoms with van der Waals surface area (Å²) in [5.41, 5.74) is 1.85. The molecule has 1 aromatic carbocycles. The van der Waals surface area contributed by atoms with Crippen LogP contribution >= 0.6 is 12.2 Å². The Bertz CT molecular complexity index is 1180. The molecule has 1 amide bonds. The summed E-state index contributed by atoms with van der Waals surface area (Å²) in [6, 6.07) is 6.30. The largest absolute Gasteiger partial charge is 0.492 e. The predicted octanol–water partition coefficient (Wildman–Crippen LogP) is 3.11. The Hall–Kier alpha value is -3.28. The third-order valence-corrected chi connectivity index (χ3v) is 6.26. The maximum absolute atomic E-state index is 14.1. The van der Waals surface area contributed by atoms with Gasteiger partial charge in [-0.25, -0.2) is 4.39 Å². The van der Waals surface area contributed by atoms with Gasteiger partial charge < -0.3 is 34.9 Å². The zero-order chi connectivity index (χ0) is 26.4. The number of anilines is 1. The van der Waals surface area contributed by atoms with Crippen LogP contribution in [0.4, 0.5) is 10.1 Å². The molecule has 2 aromatic rings. The van der Waals surface area contributed by atoms with Gasteiger partial charge in [0.2, 0.25) is 0 Å². The third-order valence-electron chi connectivity index (χ3n) is 5.95. The minimum atomic E-state index is -0.533. The van der Waals surface area contributed by atoms with E-state index in [-0.39, 0.29) is 28.4 Å². The van der Waals surface area contributed by atoms with E-state index in [1.165, 1.54) is 19.2 Å². The molecule has 0 spiro atoms. The number of carbonyl (C=O) groups excluding carboxylic acids is 1. The normalized spacial score (nSPS) is 19.1. The zero-order valence-corrected chi connectivity index (χ0v) is 21.9. The van der Waals surface area contributed by atoms with Crippen LogP contribution in [0.2, 0.25) is 0 Å². The van der Waals surface area contributed by atoms with Gasteiger partial charge in [0.15, 0.2) is 11.6 Å². The van der Waals surface area contributed by atoms with Gasteiger partial charge in [0, 0.05) is 37.0 Å². The molecule has 1 atom stereocenters. The Balaban J connectivity index is 1.45. The van der Waals surface area contributed by atoms with Crippen LogP contribution < -0.4 is 25.4 Å².